The third-order valence-corrected chi connectivity index (χ3v) is 3.27. The first kappa shape index (κ1) is 14.2. The molecule has 0 bridgehead atoms. The fourth-order valence-electron chi connectivity index (χ4n) is 1.93. The first-order valence-corrected chi connectivity index (χ1v) is 6.76. The van der Waals surface area contributed by atoms with Crippen LogP contribution in [0.2, 0.25) is 0 Å². The average Bonchev–Trinajstić information content (AvgIpc) is 3.26. The number of carbonyl (C=O) groups excluding carboxylic acids is 1. The Balaban J connectivity index is 2.03. The number of aromatic nitrogens is 1. The zero-order valence-electron chi connectivity index (χ0n) is 11.5. The molecule has 5 heteroatoms. The van der Waals surface area contributed by atoms with E-state index < -0.39 is 5.97 Å². The van der Waals surface area contributed by atoms with E-state index in [4.69, 9.17) is 5.11 Å². The molecule has 1 saturated carbocycles. The van der Waals surface area contributed by atoms with E-state index in [0.29, 0.717) is 23.7 Å². The van der Waals surface area contributed by atoms with E-state index in [0.717, 1.165) is 12.6 Å². The third-order valence-electron chi connectivity index (χ3n) is 3.27. The Morgan fingerprint density at radius 2 is 2.20 bits per heavy atom. The van der Waals surface area contributed by atoms with Gasteiger partial charge in [0.15, 0.2) is 0 Å². The molecule has 5 nitrogen and oxygen atoms in total. The fourth-order valence-corrected chi connectivity index (χ4v) is 1.93. The molecule has 1 N–H and O–H groups in total. The summed E-state index contributed by atoms with van der Waals surface area (Å²) in [7, 11) is 0. The second-order valence-electron chi connectivity index (χ2n) is 4.94. The SMILES string of the molecule is CCN(CC1CC1)C(=O)c1ccc(C=CC(=O)O)cn1. The summed E-state index contributed by atoms with van der Waals surface area (Å²) in [4.78, 5) is 28.6. The first-order chi connectivity index (χ1) is 9.60. The number of hydrogen-bond acceptors (Lipinski definition) is 3. The van der Waals surface area contributed by atoms with Crippen LogP contribution in [0, 0.1) is 5.92 Å². The lowest BCUT2D eigenvalue weighted by Gasteiger charge is -2.20. The van der Waals surface area contributed by atoms with E-state index in [9.17, 15) is 9.59 Å². The van der Waals surface area contributed by atoms with E-state index >= 15 is 0 Å². The van der Waals surface area contributed by atoms with E-state index in [2.05, 4.69) is 4.98 Å². The molecule has 1 aliphatic rings. The van der Waals surface area contributed by atoms with Gasteiger partial charge in [-0.3, -0.25) is 9.78 Å². The zero-order valence-corrected chi connectivity index (χ0v) is 11.5. The molecule has 1 aromatic heterocycles. The van der Waals surface area contributed by atoms with Crippen molar-refractivity contribution < 1.29 is 14.7 Å². The van der Waals surface area contributed by atoms with E-state index in [-0.39, 0.29) is 5.91 Å². The number of carboxylic acid groups (broad SMARTS) is 1. The minimum absolute atomic E-state index is 0.0619. The largest absolute Gasteiger partial charge is 0.478 e. The number of carboxylic acids is 1. The molecule has 0 radical (unpaired) electrons. The van der Waals surface area contributed by atoms with Crippen LogP contribution in [0.3, 0.4) is 0 Å². The zero-order chi connectivity index (χ0) is 14.5. The lowest BCUT2D eigenvalue weighted by molar-refractivity contribution is -0.131. The topological polar surface area (TPSA) is 70.5 Å². The van der Waals surface area contributed by atoms with Crippen molar-refractivity contribution in [3.63, 3.8) is 0 Å². The molecule has 0 atom stereocenters. The Morgan fingerprint density at radius 3 is 2.70 bits per heavy atom. The lowest BCUT2D eigenvalue weighted by Crippen LogP contribution is -2.33. The summed E-state index contributed by atoms with van der Waals surface area (Å²) in [6.07, 6.45) is 6.42. The van der Waals surface area contributed by atoms with Crippen molar-refractivity contribution in [3.05, 3.63) is 35.7 Å². The number of hydrogen-bond donors (Lipinski definition) is 1. The molecule has 1 heterocycles. The van der Waals surface area contributed by atoms with Crippen molar-refractivity contribution >= 4 is 18.0 Å². The molecule has 2 rings (SSSR count). The predicted octanol–water partition coefficient (Wildman–Crippen LogP) is 2.05. The average molecular weight is 274 g/mol. The second kappa shape index (κ2) is 6.32. The van der Waals surface area contributed by atoms with Gasteiger partial charge in [-0.1, -0.05) is 6.07 Å². The Morgan fingerprint density at radius 1 is 1.45 bits per heavy atom. The summed E-state index contributed by atoms with van der Waals surface area (Å²) >= 11 is 0. The highest BCUT2D eigenvalue weighted by Crippen LogP contribution is 2.29. The van der Waals surface area contributed by atoms with Gasteiger partial charge in [0.25, 0.3) is 5.91 Å². The van der Waals surface area contributed by atoms with Gasteiger partial charge in [-0.25, -0.2) is 4.79 Å². The van der Waals surface area contributed by atoms with Crippen LogP contribution in [-0.2, 0) is 4.79 Å². The van der Waals surface area contributed by atoms with Crippen LogP contribution in [0.4, 0.5) is 0 Å². The van der Waals surface area contributed by atoms with Crippen molar-refractivity contribution in [3.8, 4) is 0 Å². The number of rotatable bonds is 6. The number of aliphatic carboxylic acids is 1. The number of pyridine rings is 1. The molecule has 1 aliphatic carbocycles. The maximum absolute atomic E-state index is 12.3. The lowest BCUT2D eigenvalue weighted by atomic mass is 10.2. The quantitative estimate of drug-likeness (QED) is 0.806. The summed E-state index contributed by atoms with van der Waals surface area (Å²) in [5.74, 6) is -0.420. The standard InChI is InChI=1S/C15H18N2O3/c1-2-17(10-12-3-4-12)15(20)13-7-5-11(9-16-13)6-8-14(18)19/h5-9,12H,2-4,10H2,1H3,(H,18,19). The Kier molecular flexibility index (Phi) is 4.50. The van der Waals surface area contributed by atoms with Crippen molar-refractivity contribution in [2.75, 3.05) is 13.1 Å². The monoisotopic (exact) mass is 274 g/mol. The van der Waals surface area contributed by atoms with Crippen LogP contribution in [0.1, 0.15) is 35.8 Å². The number of carbonyl (C=O) groups is 2. The Labute approximate surface area is 117 Å². The second-order valence-corrected chi connectivity index (χ2v) is 4.94. The van der Waals surface area contributed by atoms with Crippen LogP contribution >= 0.6 is 0 Å². The van der Waals surface area contributed by atoms with Crippen LogP contribution in [-0.4, -0.2) is 40.0 Å². The van der Waals surface area contributed by atoms with Gasteiger partial charge < -0.3 is 10.0 Å². The molecule has 0 spiro atoms. The van der Waals surface area contributed by atoms with E-state index in [1.165, 1.54) is 25.1 Å². The summed E-state index contributed by atoms with van der Waals surface area (Å²) in [5, 5.41) is 8.54. The number of amides is 1. The molecular formula is C15H18N2O3. The molecule has 1 aromatic rings. The molecule has 1 amide bonds. The van der Waals surface area contributed by atoms with Crippen molar-refractivity contribution in [2.45, 2.75) is 19.8 Å². The molecule has 0 saturated heterocycles. The Hall–Kier alpha value is -2.17. The van der Waals surface area contributed by atoms with E-state index in [1.807, 2.05) is 11.8 Å². The molecule has 106 valence electrons. The summed E-state index contributed by atoms with van der Waals surface area (Å²) in [5.41, 5.74) is 1.06. The molecule has 0 aliphatic heterocycles. The van der Waals surface area contributed by atoms with E-state index in [1.54, 1.807) is 12.1 Å². The molecule has 0 unspecified atom stereocenters. The number of nitrogens with zero attached hydrogens (tertiary/aromatic N) is 2. The fraction of sp³-hybridized carbons (Fsp3) is 0.400. The van der Waals surface area contributed by atoms with Crippen molar-refractivity contribution in [2.24, 2.45) is 5.92 Å². The summed E-state index contributed by atoms with van der Waals surface area (Å²) < 4.78 is 0. The van der Waals surface area contributed by atoms with Crippen molar-refractivity contribution in [1.29, 1.82) is 0 Å². The highest BCUT2D eigenvalue weighted by molar-refractivity contribution is 5.92. The minimum Gasteiger partial charge on any atom is -0.478 e. The first-order valence-electron chi connectivity index (χ1n) is 6.76. The van der Waals surface area contributed by atoms with Crippen LogP contribution in [0.25, 0.3) is 6.08 Å². The van der Waals surface area contributed by atoms with Gasteiger partial charge >= 0.3 is 5.97 Å². The van der Waals surface area contributed by atoms with Gasteiger partial charge in [0.2, 0.25) is 0 Å². The van der Waals surface area contributed by atoms with Gasteiger partial charge in [-0.15, -0.1) is 0 Å². The highest BCUT2D eigenvalue weighted by Gasteiger charge is 2.26. The molecule has 0 aromatic carbocycles. The van der Waals surface area contributed by atoms with Gasteiger partial charge in [-0.2, -0.15) is 0 Å². The Bertz CT molecular complexity index is 518. The maximum atomic E-state index is 12.3. The third kappa shape index (κ3) is 3.91. The van der Waals surface area contributed by atoms with Gasteiger partial charge in [0.1, 0.15) is 5.69 Å². The highest BCUT2D eigenvalue weighted by atomic mass is 16.4. The van der Waals surface area contributed by atoms with Crippen LogP contribution in [0.15, 0.2) is 24.4 Å². The smallest absolute Gasteiger partial charge is 0.328 e. The van der Waals surface area contributed by atoms with Gasteiger partial charge in [0, 0.05) is 25.4 Å². The predicted molar refractivity (Wildman–Crippen MR) is 75.2 cm³/mol. The molecule has 20 heavy (non-hydrogen) atoms. The summed E-state index contributed by atoms with van der Waals surface area (Å²) in [6, 6.07) is 3.34. The van der Waals surface area contributed by atoms with Crippen LogP contribution < -0.4 is 0 Å². The van der Waals surface area contributed by atoms with Gasteiger partial charge in [-0.05, 0) is 43.4 Å². The molecular weight excluding hydrogens is 256 g/mol. The molecule has 1 fully saturated rings. The van der Waals surface area contributed by atoms with Crippen molar-refractivity contribution in [1.82, 2.24) is 9.88 Å². The van der Waals surface area contributed by atoms with Crippen LogP contribution in [0.5, 0.6) is 0 Å². The maximum Gasteiger partial charge on any atom is 0.328 e. The van der Waals surface area contributed by atoms with Gasteiger partial charge in [0.05, 0.1) is 0 Å². The normalized spacial score (nSPS) is 14.4. The minimum atomic E-state index is -1.01. The summed E-state index contributed by atoms with van der Waals surface area (Å²) in [6.45, 7) is 3.44.